The summed E-state index contributed by atoms with van der Waals surface area (Å²) >= 11 is 9.32. The maximum Gasteiger partial charge on any atom is 0.286 e. The number of amides is 1. The lowest BCUT2D eigenvalue weighted by Gasteiger charge is -2.04. The van der Waals surface area contributed by atoms with Crippen LogP contribution in [-0.4, -0.2) is 15.9 Å². The summed E-state index contributed by atoms with van der Waals surface area (Å²) in [6.07, 6.45) is 1.48. The Hall–Kier alpha value is -1.46. The van der Waals surface area contributed by atoms with E-state index in [1.165, 1.54) is 6.20 Å². The summed E-state index contributed by atoms with van der Waals surface area (Å²) in [6, 6.07) is 7.51. The lowest BCUT2D eigenvalue weighted by Crippen LogP contribution is -2.15. The molecule has 0 unspecified atom stereocenters. The van der Waals surface area contributed by atoms with Crippen molar-refractivity contribution in [3.63, 3.8) is 0 Å². The Morgan fingerprint density at radius 1 is 1.29 bits per heavy atom. The number of carbonyl (C=O) groups excluding carboxylic acids is 1. The molecule has 0 atom stereocenters. The van der Waals surface area contributed by atoms with Crippen LogP contribution in [0.4, 0.5) is 0 Å². The van der Waals surface area contributed by atoms with E-state index in [0.717, 1.165) is 10.0 Å². The number of primary amides is 1. The van der Waals surface area contributed by atoms with Crippen molar-refractivity contribution >= 4 is 33.4 Å². The Morgan fingerprint density at radius 3 is 2.47 bits per heavy atom. The molecule has 0 saturated carbocycles. The second-order valence-corrected chi connectivity index (χ2v) is 4.54. The predicted octanol–water partition coefficient (Wildman–Crippen LogP) is 2.66. The van der Waals surface area contributed by atoms with Crippen molar-refractivity contribution in [1.82, 2.24) is 9.97 Å². The number of nitrogens with zero attached hydrogens (tertiary/aromatic N) is 2. The molecule has 2 aromatic rings. The number of benzene rings is 1. The van der Waals surface area contributed by atoms with Crippen LogP contribution < -0.4 is 5.73 Å². The molecule has 1 aromatic carbocycles. The summed E-state index contributed by atoms with van der Waals surface area (Å²) in [5.74, 6) is -0.787. The maximum atomic E-state index is 10.9. The van der Waals surface area contributed by atoms with Crippen LogP contribution in [0.2, 0.25) is 5.15 Å². The van der Waals surface area contributed by atoms with Gasteiger partial charge in [-0.05, 0) is 17.7 Å². The van der Waals surface area contributed by atoms with Gasteiger partial charge in [-0.3, -0.25) is 4.79 Å². The molecule has 0 aliphatic rings. The van der Waals surface area contributed by atoms with Gasteiger partial charge in [-0.15, -0.1) is 0 Å². The van der Waals surface area contributed by atoms with Gasteiger partial charge in [-0.25, -0.2) is 9.97 Å². The minimum absolute atomic E-state index is 0.0872. The fourth-order valence-electron chi connectivity index (χ4n) is 1.30. The van der Waals surface area contributed by atoms with Crippen molar-refractivity contribution in [2.45, 2.75) is 0 Å². The number of aromatic nitrogens is 2. The van der Waals surface area contributed by atoms with Crippen molar-refractivity contribution < 1.29 is 4.79 Å². The number of hydrogen-bond acceptors (Lipinski definition) is 3. The number of halogens is 2. The van der Waals surface area contributed by atoms with Crippen LogP contribution >= 0.6 is 27.5 Å². The lowest BCUT2D eigenvalue weighted by atomic mass is 10.1. The lowest BCUT2D eigenvalue weighted by molar-refractivity contribution is 0.0990. The average Bonchev–Trinajstić information content (AvgIpc) is 2.30. The molecule has 0 radical (unpaired) electrons. The van der Waals surface area contributed by atoms with Crippen molar-refractivity contribution in [1.29, 1.82) is 0 Å². The number of hydrogen-bond donors (Lipinski definition) is 1. The normalized spacial score (nSPS) is 10.2. The standard InChI is InChI=1S/C11H7BrClN3O/c12-7-3-1-6(2-4-7)8-5-15-11(10(14)17)16-9(8)13/h1-5H,(H2,14,17). The van der Waals surface area contributed by atoms with Crippen LogP contribution in [0.3, 0.4) is 0 Å². The van der Waals surface area contributed by atoms with E-state index in [4.69, 9.17) is 17.3 Å². The Balaban J connectivity index is 2.46. The van der Waals surface area contributed by atoms with E-state index < -0.39 is 5.91 Å². The molecule has 0 saturated heterocycles. The first-order chi connectivity index (χ1) is 8.08. The largest absolute Gasteiger partial charge is 0.363 e. The van der Waals surface area contributed by atoms with E-state index in [2.05, 4.69) is 25.9 Å². The van der Waals surface area contributed by atoms with Crippen LogP contribution in [0, 0.1) is 0 Å². The molecule has 17 heavy (non-hydrogen) atoms. The average molecular weight is 313 g/mol. The molecule has 1 amide bonds. The van der Waals surface area contributed by atoms with Gasteiger partial charge in [0.1, 0.15) is 5.15 Å². The third-order valence-corrected chi connectivity index (χ3v) is 2.93. The number of nitrogens with two attached hydrogens (primary N) is 1. The molecule has 0 spiro atoms. The highest BCUT2D eigenvalue weighted by atomic mass is 79.9. The molecule has 0 bridgehead atoms. The fraction of sp³-hybridized carbons (Fsp3) is 0. The van der Waals surface area contributed by atoms with Crippen LogP contribution in [-0.2, 0) is 0 Å². The summed E-state index contributed by atoms with van der Waals surface area (Å²) in [7, 11) is 0. The van der Waals surface area contributed by atoms with E-state index >= 15 is 0 Å². The first-order valence-corrected chi connectivity index (χ1v) is 5.83. The number of rotatable bonds is 2. The molecule has 0 aliphatic carbocycles. The highest BCUT2D eigenvalue weighted by Crippen LogP contribution is 2.26. The van der Waals surface area contributed by atoms with Gasteiger partial charge >= 0.3 is 0 Å². The molecular formula is C11H7BrClN3O. The zero-order valence-electron chi connectivity index (χ0n) is 8.52. The van der Waals surface area contributed by atoms with Crippen LogP contribution in [0.1, 0.15) is 10.6 Å². The summed E-state index contributed by atoms with van der Waals surface area (Å²) in [4.78, 5) is 18.6. The van der Waals surface area contributed by atoms with E-state index in [0.29, 0.717) is 5.56 Å². The molecule has 1 heterocycles. The highest BCUT2D eigenvalue weighted by molar-refractivity contribution is 9.10. The molecular weight excluding hydrogens is 305 g/mol. The zero-order chi connectivity index (χ0) is 12.4. The van der Waals surface area contributed by atoms with E-state index in [1.54, 1.807) is 0 Å². The minimum atomic E-state index is -0.700. The van der Waals surface area contributed by atoms with Crippen LogP contribution in [0.15, 0.2) is 34.9 Å². The quantitative estimate of drug-likeness (QED) is 0.867. The molecule has 4 nitrogen and oxygen atoms in total. The second kappa shape index (κ2) is 4.81. The number of carbonyl (C=O) groups is 1. The third kappa shape index (κ3) is 2.62. The molecule has 0 fully saturated rings. The Morgan fingerprint density at radius 2 is 1.94 bits per heavy atom. The Labute approximate surface area is 111 Å². The van der Waals surface area contributed by atoms with Crippen molar-refractivity contribution in [2.75, 3.05) is 0 Å². The van der Waals surface area contributed by atoms with E-state index in [-0.39, 0.29) is 11.0 Å². The molecule has 86 valence electrons. The van der Waals surface area contributed by atoms with Gasteiger partial charge in [0.25, 0.3) is 5.91 Å². The van der Waals surface area contributed by atoms with Crippen molar-refractivity contribution in [3.8, 4) is 11.1 Å². The minimum Gasteiger partial charge on any atom is -0.363 e. The van der Waals surface area contributed by atoms with Gasteiger partial charge in [0.2, 0.25) is 5.82 Å². The maximum absolute atomic E-state index is 10.9. The van der Waals surface area contributed by atoms with Gasteiger partial charge in [-0.2, -0.15) is 0 Å². The van der Waals surface area contributed by atoms with E-state index in [1.807, 2.05) is 24.3 Å². The van der Waals surface area contributed by atoms with Crippen LogP contribution in [0.25, 0.3) is 11.1 Å². The predicted molar refractivity (Wildman–Crippen MR) is 68.7 cm³/mol. The first-order valence-electron chi connectivity index (χ1n) is 4.66. The van der Waals surface area contributed by atoms with Crippen molar-refractivity contribution in [3.05, 3.63) is 45.9 Å². The topological polar surface area (TPSA) is 68.9 Å². The Bertz CT molecular complexity index is 571. The van der Waals surface area contributed by atoms with Gasteiger partial charge in [0, 0.05) is 16.2 Å². The summed E-state index contributed by atoms with van der Waals surface area (Å²) < 4.78 is 0.965. The SMILES string of the molecule is NC(=O)c1ncc(-c2ccc(Br)cc2)c(Cl)n1. The molecule has 0 aliphatic heterocycles. The van der Waals surface area contributed by atoms with Gasteiger partial charge in [0.15, 0.2) is 0 Å². The monoisotopic (exact) mass is 311 g/mol. The summed E-state index contributed by atoms with van der Waals surface area (Å²) in [5.41, 5.74) is 6.59. The van der Waals surface area contributed by atoms with Gasteiger partial charge in [0.05, 0.1) is 0 Å². The second-order valence-electron chi connectivity index (χ2n) is 3.27. The Kier molecular flexibility index (Phi) is 3.40. The fourth-order valence-corrected chi connectivity index (χ4v) is 1.81. The van der Waals surface area contributed by atoms with Crippen molar-refractivity contribution in [2.24, 2.45) is 5.73 Å². The van der Waals surface area contributed by atoms with E-state index in [9.17, 15) is 4.79 Å². The highest BCUT2D eigenvalue weighted by Gasteiger charge is 2.10. The molecule has 2 N–H and O–H groups in total. The van der Waals surface area contributed by atoms with Crippen LogP contribution in [0.5, 0.6) is 0 Å². The smallest absolute Gasteiger partial charge is 0.286 e. The molecule has 6 heteroatoms. The first kappa shape index (κ1) is 12.0. The summed E-state index contributed by atoms with van der Waals surface area (Å²) in [6.45, 7) is 0. The molecule has 1 aromatic heterocycles. The summed E-state index contributed by atoms with van der Waals surface area (Å²) in [5, 5.41) is 0.205. The van der Waals surface area contributed by atoms with Gasteiger partial charge < -0.3 is 5.73 Å². The zero-order valence-corrected chi connectivity index (χ0v) is 10.9. The van der Waals surface area contributed by atoms with Gasteiger partial charge in [-0.1, -0.05) is 39.7 Å². The third-order valence-electron chi connectivity index (χ3n) is 2.12. The molecule has 2 rings (SSSR count).